The first kappa shape index (κ1) is 15.4. The number of carbonyl (C=O) groups is 1. The van der Waals surface area contributed by atoms with E-state index in [1.807, 2.05) is 6.07 Å². The van der Waals surface area contributed by atoms with Gasteiger partial charge in [0.1, 0.15) is 11.3 Å². The molecule has 3 N–H and O–H groups in total. The molecule has 3 aromatic rings. The van der Waals surface area contributed by atoms with E-state index in [-0.39, 0.29) is 23.3 Å². The largest absolute Gasteiger partial charge is 0.329 e. The van der Waals surface area contributed by atoms with Crippen LogP contribution in [0.3, 0.4) is 0 Å². The Balaban J connectivity index is 1.97. The zero-order valence-electron chi connectivity index (χ0n) is 12.6. The van der Waals surface area contributed by atoms with Gasteiger partial charge in [-0.05, 0) is 12.1 Å². The van der Waals surface area contributed by atoms with Crippen LogP contribution in [0, 0.1) is 0 Å². The Kier molecular flexibility index (Phi) is 3.82. The van der Waals surface area contributed by atoms with Gasteiger partial charge in [0.05, 0.1) is 6.42 Å². The molecule has 0 spiro atoms. The van der Waals surface area contributed by atoms with Crippen LogP contribution in [0.5, 0.6) is 0 Å². The summed E-state index contributed by atoms with van der Waals surface area (Å²) in [6, 6.07) is 8.74. The van der Waals surface area contributed by atoms with E-state index in [4.69, 9.17) is 0 Å². The number of nitrogens with one attached hydrogen (secondary N) is 3. The average Bonchev–Trinajstić information content (AvgIpc) is 2.55. The van der Waals surface area contributed by atoms with Gasteiger partial charge in [0.15, 0.2) is 5.52 Å². The number of anilines is 1. The first-order chi connectivity index (χ1) is 11.5. The minimum absolute atomic E-state index is 0.000896. The van der Waals surface area contributed by atoms with Crippen molar-refractivity contribution < 1.29 is 4.79 Å². The zero-order chi connectivity index (χ0) is 17.3. The number of nitrogens with zero attached hydrogens (tertiary/aromatic N) is 2. The highest BCUT2D eigenvalue weighted by atomic mass is 16.2. The quantitative estimate of drug-likeness (QED) is 0.596. The fourth-order valence-electron chi connectivity index (χ4n) is 2.22. The average molecular weight is 327 g/mol. The Bertz CT molecular complexity index is 1090. The molecule has 0 aliphatic rings. The van der Waals surface area contributed by atoms with Crippen LogP contribution in [0.25, 0.3) is 11.2 Å². The highest BCUT2D eigenvalue weighted by Crippen LogP contribution is 2.06. The van der Waals surface area contributed by atoms with Crippen LogP contribution in [-0.2, 0) is 18.3 Å². The lowest BCUT2D eigenvalue weighted by atomic mass is 10.2. The number of aromatic amines is 2. The molecule has 2 heterocycles. The Morgan fingerprint density at radius 1 is 1.12 bits per heavy atom. The molecule has 2 aromatic heterocycles. The van der Waals surface area contributed by atoms with Crippen molar-refractivity contribution in [3.05, 3.63) is 67.2 Å². The van der Waals surface area contributed by atoms with Crippen LogP contribution < -0.4 is 22.1 Å². The summed E-state index contributed by atoms with van der Waals surface area (Å²) in [6.45, 7) is 0. The standard InChI is InChI=1S/C15H13N5O4/c1-20-12-11(14(23)19-15(20)24)17-9(13(22)18-12)7-10(21)16-8-5-3-2-4-6-8/h2-6H,7H2,1H3,(H,16,21)(H,18,22)(H,19,23,24). The summed E-state index contributed by atoms with van der Waals surface area (Å²) in [6.07, 6.45) is -0.303. The van der Waals surface area contributed by atoms with Crippen molar-refractivity contribution in [1.82, 2.24) is 19.5 Å². The van der Waals surface area contributed by atoms with Crippen molar-refractivity contribution >= 4 is 22.8 Å². The number of carbonyl (C=O) groups excluding carboxylic acids is 1. The van der Waals surface area contributed by atoms with Crippen LogP contribution in [0.15, 0.2) is 44.7 Å². The predicted octanol–water partition coefficient (Wildman–Crippen LogP) is -0.509. The summed E-state index contributed by atoms with van der Waals surface area (Å²) >= 11 is 0. The third-order valence-corrected chi connectivity index (χ3v) is 3.43. The topological polar surface area (TPSA) is 130 Å². The molecule has 1 aromatic carbocycles. The van der Waals surface area contributed by atoms with Crippen molar-refractivity contribution in [1.29, 1.82) is 0 Å². The van der Waals surface area contributed by atoms with Crippen molar-refractivity contribution in [2.24, 2.45) is 7.05 Å². The monoisotopic (exact) mass is 327 g/mol. The number of H-pyrrole nitrogens is 2. The Hall–Kier alpha value is -3.49. The van der Waals surface area contributed by atoms with Gasteiger partial charge in [-0.1, -0.05) is 18.2 Å². The molecule has 122 valence electrons. The van der Waals surface area contributed by atoms with E-state index < -0.39 is 22.7 Å². The number of hydrogen-bond donors (Lipinski definition) is 3. The molecule has 1 amide bonds. The van der Waals surface area contributed by atoms with E-state index in [0.29, 0.717) is 5.69 Å². The van der Waals surface area contributed by atoms with E-state index >= 15 is 0 Å². The number of amides is 1. The van der Waals surface area contributed by atoms with Crippen molar-refractivity contribution in [2.45, 2.75) is 6.42 Å². The molecular formula is C15H13N5O4. The highest BCUT2D eigenvalue weighted by Gasteiger charge is 2.14. The van der Waals surface area contributed by atoms with Crippen molar-refractivity contribution in [2.75, 3.05) is 5.32 Å². The molecule has 0 aliphatic carbocycles. The molecule has 0 fully saturated rings. The van der Waals surface area contributed by atoms with Crippen LogP contribution in [-0.4, -0.2) is 25.4 Å². The molecule has 0 unspecified atom stereocenters. The number of hydrogen-bond acceptors (Lipinski definition) is 5. The third kappa shape index (κ3) is 2.86. The van der Waals surface area contributed by atoms with Gasteiger partial charge in [0, 0.05) is 12.7 Å². The fraction of sp³-hybridized carbons (Fsp3) is 0.133. The SMILES string of the molecule is Cn1c(=O)[nH]c(=O)c2nc(CC(=O)Nc3ccccc3)c(=O)[nH]c21. The molecule has 3 rings (SSSR count). The van der Waals surface area contributed by atoms with E-state index in [9.17, 15) is 19.2 Å². The summed E-state index contributed by atoms with van der Waals surface area (Å²) in [5.74, 6) is -0.445. The van der Waals surface area contributed by atoms with Crippen molar-refractivity contribution in [3.63, 3.8) is 0 Å². The van der Waals surface area contributed by atoms with Gasteiger partial charge in [-0.3, -0.25) is 23.9 Å². The molecule has 9 nitrogen and oxygen atoms in total. The minimum Gasteiger partial charge on any atom is -0.326 e. The van der Waals surface area contributed by atoms with Gasteiger partial charge in [0.2, 0.25) is 5.91 Å². The third-order valence-electron chi connectivity index (χ3n) is 3.43. The van der Waals surface area contributed by atoms with Crippen LogP contribution in [0.4, 0.5) is 5.69 Å². The Morgan fingerprint density at radius 3 is 2.54 bits per heavy atom. The van der Waals surface area contributed by atoms with E-state index in [1.54, 1.807) is 24.3 Å². The van der Waals surface area contributed by atoms with Crippen molar-refractivity contribution in [3.8, 4) is 0 Å². The first-order valence-corrected chi connectivity index (χ1v) is 7.03. The molecular weight excluding hydrogens is 314 g/mol. The summed E-state index contributed by atoms with van der Waals surface area (Å²) < 4.78 is 1.07. The molecule has 9 heteroatoms. The number of aryl methyl sites for hydroxylation is 1. The lowest BCUT2D eigenvalue weighted by Crippen LogP contribution is -2.32. The molecule has 0 saturated carbocycles. The zero-order valence-corrected chi connectivity index (χ0v) is 12.6. The van der Waals surface area contributed by atoms with Crippen LogP contribution in [0.2, 0.25) is 0 Å². The molecule has 24 heavy (non-hydrogen) atoms. The second-order valence-corrected chi connectivity index (χ2v) is 5.12. The molecule has 0 atom stereocenters. The number of fused-ring (bicyclic) bond motifs is 1. The van der Waals surface area contributed by atoms with Gasteiger partial charge in [-0.2, -0.15) is 0 Å². The van der Waals surface area contributed by atoms with E-state index in [0.717, 1.165) is 4.57 Å². The minimum atomic E-state index is -0.728. The fourth-order valence-corrected chi connectivity index (χ4v) is 2.22. The summed E-state index contributed by atoms with van der Waals surface area (Å²) in [5, 5.41) is 2.63. The molecule has 0 radical (unpaired) electrons. The lowest BCUT2D eigenvalue weighted by Gasteiger charge is -2.06. The van der Waals surface area contributed by atoms with Crippen LogP contribution in [0.1, 0.15) is 5.69 Å². The lowest BCUT2D eigenvalue weighted by molar-refractivity contribution is -0.115. The summed E-state index contributed by atoms with van der Waals surface area (Å²) in [5.41, 5.74) is -1.67. The Morgan fingerprint density at radius 2 is 1.83 bits per heavy atom. The van der Waals surface area contributed by atoms with Gasteiger partial charge < -0.3 is 10.3 Å². The molecule has 0 aliphatic heterocycles. The maximum atomic E-state index is 12.1. The second kappa shape index (κ2) is 5.95. The molecule has 0 saturated heterocycles. The second-order valence-electron chi connectivity index (χ2n) is 5.12. The van der Waals surface area contributed by atoms with Gasteiger partial charge in [0.25, 0.3) is 11.1 Å². The maximum Gasteiger partial charge on any atom is 0.329 e. The first-order valence-electron chi connectivity index (χ1n) is 7.03. The predicted molar refractivity (Wildman–Crippen MR) is 87.0 cm³/mol. The number of benzene rings is 1. The maximum absolute atomic E-state index is 12.1. The number of rotatable bonds is 3. The summed E-state index contributed by atoms with van der Waals surface area (Å²) in [7, 11) is 1.39. The smallest absolute Gasteiger partial charge is 0.326 e. The van der Waals surface area contributed by atoms with E-state index in [1.165, 1.54) is 7.05 Å². The summed E-state index contributed by atoms with van der Waals surface area (Å²) in [4.78, 5) is 55.9. The van der Waals surface area contributed by atoms with Crippen LogP contribution >= 0.6 is 0 Å². The number of para-hydroxylation sites is 1. The normalized spacial score (nSPS) is 10.7. The molecule has 0 bridgehead atoms. The van der Waals surface area contributed by atoms with E-state index in [2.05, 4.69) is 20.3 Å². The van der Waals surface area contributed by atoms with Gasteiger partial charge >= 0.3 is 5.69 Å². The number of aromatic nitrogens is 4. The Labute approximate surface area is 134 Å². The van der Waals surface area contributed by atoms with Gasteiger partial charge in [-0.25, -0.2) is 9.78 Å². The highest BCUT2D eigenvalue weighted by molar-refractivity contribution is 5.92. The van der Waals surface area contributed by atoms with Gasteiger partial charge in [-0.15, -0.1) is 0 Å².